The van der Waals surface area contributed by atoms with Gasteiger partial charge in [0.1, 0.15) is 11.3 Å². The highest BCUT2D eigenvalue weighted by molar-refractivity contribution is 6.39. The largest absolute Gasteiger partial charge is 0.497 e. The Morgan fingerprint density at radius 1 is 1.07 bits per heavy atom. The van der Waals surface area contributed by atoms with Crippen LogP contribution in [0.5, 0.6) is 5.75 Å². The second-order valence-electron chi connectivity index (χ2n) is 6.65. The van der Waals surface area contributed by atoms with Gasteiger partial charge >= 0.3 is 6.03 Å². The average Bonchev–Trinajstić information content (AvgIpc) is 3.10. The Bertz CT molecular complexity index is 1250. The van der Waals surface area contributed by atoms with Crippen LogP contribution in [0.2, 0.25) is 0 Å². The number of hydrogen-bond acceptors (Lipinski definition) is 5. The normalized spacial score (nSPS) is 15.6. The van der Waals surface area contributed by atoms with E-state index >= 15 is 0 Å². The molecule has 0 atom stereocenters. The number of rotatable bonds is 3. The van der Waals surface area contributed by atoms with E-state index in [2.05, 4.69) is 5.32 Å². The van der Waals surface area contributed by atoms with Crippen LogP contribution in [0.25, 0.3) is 17.0 Å². The highest BCUT2D eigenvalue weighted by atomic mass is 16.5. The summed E-state index contributed by atoms with van der Waals surface area (Å²) in [5.74, 6) is -1.32. The maximum Gasteiger partial charge on any atom is 0.335 e. The number of nitrogens with one attached hydrogen (secondary N) is 1. The first-order valence-corrected chi connectivity index (χ1v) is 9.07. The van der Waals surface area contributed by atoms with Gasteiger partial charge in [0.05, 0.1) is 18.3 Å². The van der Waals surface area contributed by atoms with Crippen molar-refractivity contribution >= 4 is 46.4 Å². The fraction of sp³-hybridized carbons (Fsp3) is 0.0909. The molecule has 1 N–H and O–H groups in total. The molecule has 150 valence electrons. The third-order valence-electron chi connectivity index (χ3n) is 4.80. The number of carbonyl (C=O) groups excluding carboxylic acids is 4. The number of ether oxygens (including phenoxy) is 1. The lowest BCUT2D eigenvalue weighted by Crippen LogP contribution is -2.54. The summed E-state index contributed by atoms with van der Waals surface area (Å²) < 4.78 is 6.59. The SMILES string of the molecule is COc1cccc(N2C(=O)NC(=O)/C(=C\c3cn(C(C)=O)c4ccccc34)C2=O)c1. The minimum absolute atomic E-state index is 0.205. The molecule has 1 fully saturated rings. The molecule has 0 spiro atoms. The van der Waals surface area contributed by atoms with Gasteiger partial charge in [-0.15, -0.1) is 0 Å². The predicted octanol–water partition coefficient (Wildman–Crippen LogP) is 2.98. The second-order valence-corrected chi connectivity index (χ2v) is 6.65. The number of aromatic nitrogens is 1. The van der Waals surface area contributed by atoms with Crippen LogP contribution < -0.4 is 15.0 Å². The molecule has 2 heterocycles. The molecule has 4 rings (SSSR count). The summed E-state index contributed by atoms with van der Waals surface area (Å²) in [5.41, 5.74) is 1.21. The van der Waals surface area contributed by atoms with Gasteiger partial charge in [-0.3, -0.25) is 24.3 Å². The van der Waals surface area contributed by atoms with Crippen molar-refractivity contribution in [3.63, 3.8) is 0 Å². The van der Waals surface area contributed by atoms with Crippen LogP contribution in [0.1, 0.15) is 17.3 Å². The number of barbiturate groups is 1. The smallest absolute Gasteiger partial charge is 0.335 e. The lowest BCUT2D eigenvalue weighted by Gasteiger charge is -2.26. The first-order chi connectivity index (χ1) is 14.4. The lowest BCUT2D eigenvalue weighted by atomic mass is 10.1. The van der Waals surface area contributed by atoms with Gasteiger partial charge in [0, 0.05) is 30.1 Å². The van der Waals surface area contributed by atoms with Gasteiger partial charge in [-0.25, -0.2) is 9.69 Å². The number of anilines is 1. The van der Waals surface area contributed by atoms with Crippen LogP contribution in [-0.4, -0.2) is 35.4 Å². The average molecular weight is 403 g/mol. The molecule has 0 radical (unpaired) electrons. The van der Waals surface area contributed by atoms with Crippen molar-refractivity contribution in [2.24, 2.45) is 0 Å². The summed E-state index contributed by atoms with van der Waals surface area (Å²) in [6.07, 6.45) is 2.95. The summed E-state index contributed by atoms with van der Waals surface area (Å²) >= 11 is 0. The van der Waals surface area contributed by atoms with E-state index in [1.165, 1.54) is 30.7 Å². The maximum absolute atomic E-state index is 13.1. The van der Waals surface area contributed by atoms with Crippen LogP contribution in [0.4, 0.5) is 10.5 Å². The van der Waals surface area contributed by atoms with Gasteiger partial charge in [0.2, 0.25) is 5.91 Å². The summed E-state index contributed by atoms with van der Waals surface area (Å²) in [6, 6.07) is 12.7. The lowest BCUT2D eigenvalue weighted by molar-refractivity contribution is -0.122. The van der Waals surface area contributed by atoms with Crippen molar-refractivity contribution in [3.8, 4) is 5.75 Å². The van der Waals surface area contributed by atoms with E-state index in [0.717, 1.165) is 4.90 Å². The van der Waals surface area contributed by atoms with Crippen molar-refractivity contribution in [2.45, 2.75) is 6.92 Å². The molecule has 0 bridgehead atoms. The Labute approximate surface area is 171 Å². The molecule has 0 aliphatic carbocycles. The van der Waals surface area contributed by atoms with E-state index in [1.54, 1.807) is 48.7 Å². The molecule has 30 heavy (non-hydrogen) atoms. The summed E-state index contributed by atoms with van der Waals surface area (Å²) in [5, 5.41) is 2.89. The molecule has 1 aliphatic heterocycles. The Morgan fingerprint density at radius 3 is 2.57 bits per heavy atom. The van der Waals surface area contributed by atoms with Crippen molar-refractivity contribution in [1.82, 2.24) is 9.88 Å². The molecule has 0 saturated carbocycles. The van der Waals surface area contributed by atoms with Gasteiger partial charge < -0.3 is 4.74 Å². The highest BCUT2D eigenvalue weighted by Gasteiger charge is 2.37. The minimum atomic E-state index is -0.846. The van der Waals surface area contributed by atoms with Gasteiger partial charge in [-0.2, -0.15) is 0 Å². The van der Waals surface area contributed by atoms with Gasteiger partial charge in [0.15, 0.2) is 0 Å². The maximum atomic E-state index is 13.1. The summed E-state index contributed by atoms with van der Waals surface area (Å²) in [7, 11) is 1.47. The van der Waals surface area contributed by atoms with Gasteiger partial charge in [-0.05, 0) is 24.3 Å². The van der Waals surface area contributed by atoms with Crippen LogP contribution in [0, 0.1) is 0 Å². The van der Waals surface area contributed by atoms with Gasteiger partial charge in [-0.1, -0.05) is 24.3 Å². The van der Waals surface area contributed by atoms with E-state index in [-0.39, 0.29) is 17.2 Å². The van der Waals surface area contributed by atoms with Crippen LogP contribution in [0.3, 0.4) is 0 Å². The number of fused-ring (bicyclic) bond motifs is 1. The predicted molar refractivity (Wildman–Crippen MR) is 110 cm³/mol. The molecule has 3 aromatic rings. The zero-order valence-electron chi connectivity index (χ0n) is 16.2. The number of amides is 4. The van der Waals surface area contributed by atoms with E-state index in [0.29, 0.717) is 22.2 Å². The summed E-state index contributed by atoms with van der Waals surface area (Å²) in [4.78, 5) is 50.8. The third kappa shape index (κ3) is 3.14. The molecule has 8 heteroatoms. The van der Waals surface area contributed by atoms with E-state index in [1.807, 2.05) is 0 Å². The minimum Gasteiger partial charge on any atom is -0.497 e. The molecule has 1 aromatic heterocycles. The number of imide groups is 2. The molecule has 4 amide bonds. The fourth-order valence-corrected chi connectivity index (χ4v) is 3.38. The molecule has 2 aromatic carbocycles. The molecule has 1 aliphatic rings. The Morgan fingerprint density at radius 2 is 1.83 bits per heavy atom. The van der Waals surface area contributed by atoms with Gasteiger partial charge in [0.25, 0.3) is 11.8 Å². The number of benzene rings is 2. The first kappa shape index (κ1) is 19.1. The van der Waals surface area contributed by atoms with E-state index in [4.69, 9.17) is 4.74 Å². The molecule has 0 unspecified atom stereocenters. The van der Waals surface area contributed by atoms with E-state index < -0.39 is 17.8 Å². The standard InChI is InChI=1S/C22H17N3O5/c1-13(26)24-12-14(17-8-3-4-9-19(17)24)10-18-20(27)23-22(29)25(21(18)28)15-6-5-7-16(11-15)30-2/h3-12H,1-2H3,(H,23,27,29)/b18-10+. The fourth-order valence-electron chi connectivity index (χ4n) is 3.38. The van der Waals surface area contributed by atoms with Crippen molar-refractivity contribution in [2.75, 3.05) is 12.0 Å². The zero-order chi connectivity index (χ0) is 21.4. The van der Waals surface area contributed by atoms with Crippen molar-refractivity contribution in [1.29, 1.82) is 0 Å². The number of urea groups is 1. The number of carbonyl (C=O) groups is 4. The molecular formula is C22H17N3O5. The van der Waals surface area contributed by atoms with Crippen LogP contribution in [0.15, 0.2) is 60.3 Å². The number of para-hydroxylation sites is 1. The van der Waals surface area contributed by atoms with Crippen LogP contribution in [-0.2, 0) is 9.59 Å². The second kappa shape index (κ2) is 7.32. The third-order valence-corrected chi connectivity index (χ3v) is 4.80. The zero-order valence-corrected chi connectivity index (χ0v) is 16.2. The Hall–Kier alpha value is -4.20. The topological polar surface area (TPSA) is 97.7 Å². The Balaban J connectivity index is 1.82. The Kier molecular flexibility index (Phi) is 4.67. The molecule has 8 nitrogen and oxygen atoms in total. The van der Waals surface area contributed by atoms with Crippen molar-refractivity contribution < 1.29 is 23.9 Å². The number of hydrogen-bond donors (Lipinski definition) is 1. The van der Waals surface area contributed by atoms with E-state index in [9.17, 15) is 19.2 Å². The number of nitrogens with zero attached hydrogens (tertiary/aromatic N) is 2. The molecular weight excluding hydrogens is 386 g/mol. The van der Waals surface area contributed by atoms with Crippen LogP contribution >= 0.6 is 0 Å². The number of methoxy groups -OCH3 is 1. The quantitative estimate of drug-likeness (QED) is 0.536. The highest BCUT2D eigenvalue weighted by Crippen LogP contribution is 2.28. The van der Waals surface area contributed by atoms with Crippen molar-refractivity contribution in [3.05, 3.63) is 65.9 Å². The summed E-state index contributed by atoms with van der Waals surface area (Å²) in [6.45, 7) is 1.42. The first-order valence-electron chi connectivity index (χ1n) is 9.07. The molecule has 1 saturated heterocycles. The monoisotopic (exact) mass is 403 g/mol.